The van der Waals surface area contributed by atoms with E-state index in [1.165, 1.54) is 38.1 Å². The minimum Gasteiger partial charge on any atom is -0.354 e. The molecule has 0 amide bonds. The van der Waals surface area contributed by atoms with E-state index in [4.69, 9.17) is 11.6 Å². The van der Waals surface area contributed by atoms with Gasteiger partial charge in [-0.3, -0.25) is 0 Å². The normalized spacial score (nSPS) is 14.9. The number of nitrogens with zero attached hydrogens (tertiary/aromatic N) is 4. The Bertz CT molecular complexity index is 659. The predicted octanol–water partition coefficient (Wildman–Crippen LogP) is 3.31. The Morgan fingerprint density at radius 2 is 1.83 bits per heavy atom. The summed E-state index contributed by atoms with van der Waals surface area (Å²) in [6.07, 6.45) is 3.65. The zero-order chi connectivity index (χ0) is 16.8. The summed E-state index contributed by atoms with van der Waals surface area (Å²) in [5.74, 6) is 1.45. The first-order valence-corrected chi connectivity index (χ1v) is 8.81. The molecule has 0 radical (unpaired) electrons. The average molecular weight is 350 g/mol. The van der Waals surface area contributed by atoms with Crippen LogP contribution >= 0.6 is 11.6 Å². The Morgan fingerprint density at radius 3 is 2.54 bits per heavy atom. The maximum Gasteiger partial charge on any atom is 0.226 e. The fourth-order valence-electron chi connectivity index (χ4n) is 2.80. The lowest BCUT2D eigenvalue weighted by Crippen LogP contribution is -2.22. The Balaban J connectivity index is 1.63. The van der Waals surface area contributed by atoms with Gasteiger partial charge in [0.15, 0.2) is 5.82 Å². The second kappa shape index (κ2) is 8.35. The maximum atomic E-state index is 13.1. The van der Waals surface area contributed by atoms with Crippen LogP contribution < -0.4 is 5.32 Å². The Kier molecular flexibility index (Phi) is 5.93. The molecule has 0 bridgehead atoms. The van der Waals surface area contributed by atoms with Crippen molar-refractivity contribution in [3.63, 3.8) is 0 Å². The van der Waals surface area contributed by atoms with E-state index in [9.17, 15) is 4.39 Å². The molecule has 0 spiro atoms. The number of anilines is 1. The average Bonchev–Trinajstić information content (AvgIpc) is 3.12. The van der Waals surface area contributed by atoms with Crippen molar-refractivity contribution in [2.45, 2.75) is 25.1 Å². The second-order valence-electron chi connectivity index (χ2n) is 5.87. The molecule has 0 unspecified atom stereocenters. The highest BCUT2D eigenvalue weighted by Crippen LogP contribution is 2.17. The summed E-state index contributed by atoms with van der Waals surface area (Å²) in [5, 5.41) is 3.24. The Hall–Kier alpha value is -1.79. The first kappa shape index (κ1) is 17.0. The van der Waals surface area contributed by atoms with Crippen LogP contribution in [0.15, 0.2) is 24.3 Å². The zero-order valence-corrected chi connectivity index (χ0v) is 14.3. The van der Waals surface area contributed by atoms with Gasteiger partial charge in [0, 0.05) is 12.1 Å². The van der Waals surface area contributed by atoms with Gasteiger partial charge in [-0.1, -0.05) is 0 Å². The monoisotopic (exact) mass is 349 g/mol. The van der Waals surface area contributed by atoms with Gasteiger partial charge in [0.1, 0.15) is 11.6 Å². The molecule has 0 aliphatic carbocycles. The number of likely N-dealkylation sites (tertiary alicyclic amines) is 1. The Morgan fingerprint density at radius 1 is 1.08 bits per heavy atom. The predicted molar refractivity (Wildman–Crippen MR) is 93.6 cm³/mol. The molecule has 1 aliphatic rings. The van der Waals surface area contributed by atoms with Crippen LogP contribution in [0.2, 0.25) is 0 Å². The van der Waals surface area contributed by atoms with Gasteiger partial charge in [-0.05, 0) is 63.2 Å². The van der Waals surface area contributed by atoms with Gasteiger partial charge in [-0.2, -0.15) is 9.97 Å². The molecule has 2 heterocycles. The number of alkyl halides is 1. The van der Waals surface area contributed by atoms with Crippen molar-refractivity contribution in [2.24, 2.45) is 0 Å². The highest BCUT2D eigenvalue weighted by Gasteiger charge is 2.11. The number of halogens is 2. The topological polar surface area (TPSA) is 53.9 Å². The first-order chi connectivity index (χ1) is 11.7. The standard InChI is InChI=1S/C17H21ClFN5/c18-12-15-21-16(13-4-6-14(19)7-5-13)23-17(22-15)20-8-3-11-24-9-1-2-10-24/h4-7H,1-3,8-12H2,(H,20,21,22,23). The lowest BCUT2D eigenvalue weighted by atomic mass is 10.2. The summed E-state index contributed by atoms with van der Waals surface area (Å²) in [4.78, 5) is 15.5. The third kappa shape index (κ3) is 4.61. The summed E-state index contributed by atoms with van der Waals surface area (Å²) >= 11 is 5.88. The van der Waals surface area contributed by atoms with Gasteiger partial charge < -0.3 is 10.2 Å². The van der Waals surface area contributed by atoms with Crippen LogP contribution in [-0.2, 0) is 5.88 Å². The molecule has 1 fully saturated rings. The molecule has 5 nitrogen and oxygen atoms in total. The highest BCUT2D eigenvalue weighted by atomic mass is 35.5. The minimum absolute atomic E-state index is 0.208. The van der Waals surface area contributed by atoms with Crippen molar-refractivity contribution in [1.29, 1.82) is 0 Å². The van der Waals surface area contributed by atoms with Crippen LogP contribution in [0.4, 0.5) is 10.3 Å². The zero-order valence-electron chi connectivity index (χ0n) is 13.5. The number of rotatable bonds is 7. The molecule has 1 N–H and O–H groups in total. The van der Waals surface area contributed by atoms with Gasteiger partial charge in [0.25, 0.3) is 0 Å². The molecule has 3 rings (SSSR count). The van der Waals surface area contributed by atoms with Crippen LogP contribution in [0.5, 0.6) is 0 Å². The van der Waals surface area contributed by atoms with Crippen LogP contribution in [0, 0.1) is 5.82 Å². The van der Waals surface area contributed by atoms with Gasteiger partial charge in [-0.25, -0.2) is 9.37 Å². The molecule has 1 aromatic carbocycles. The summed E-state index contributed by atoms with van der Waals surface area (Å²) in [6.45, 7) is 4.30. The van der Waals surface area contributed by atoms with Crippen molar-refractivity contribution in [3.8, 4) is 11.4 Å². The fraction of sp³-hybridized carbons (Fsp3) is 0.471. The van der Waals surface area contributed by atoms with Crippen molar-refractivity contribution < 1.29 is 4.39 Å². The summed E-state index contributed by atoms with van der Waals surface area (Å²) in [7, 11) is 0. The smallest absolute Gasteiger partial charge is 0.226 e. The number of aromatic nitrogens is 3. The number of benzene rings is 1. The summed E-state index contributed by atoms with van der Waals surface area (Å²) in [5.41, 5.74) is 0.741. The van der Waals surface area contributed by atoms with Crippen LogP contribution in [-0.4, -0.2) is 46.0 Å². The lowest BCUT2D eigenvalue weighted by Gasteiger charge is -2.14. The van der Waals surface area contributed by atoms with Crippen LogP contribution in [0.25, 0.3) is 11.4 Å². The van der Waals surface area contributed by atoms with E-state index >= 15 is 0 Å². The van der Waals surface area contributed by atoms with Gasteiger partial charge in [0.05, 0.1) is 5.88 Å². The van der Waals surface area contributed by atoms with E-state index in [0.717, 1.165) is 25.1 Å². The largest absolute Gasteiger partial charge is 0.354 e. The third-order valence-corrected chi connectivity index (χ3v) is 4.28. The van der Waals surface area contributed by atoms with Crippen LogP contribution in [0.1, 0.15) is 25.1 Å². The number of nitrogens with one attached hydrogen (secondary N) is 1. The molecule has 2 aromatic rings. The molecular formula is C17H21ClFN5. The van der Waals surface area contributed by atoms with Gasteiger partial charge >= 0.3 is 0 Å². The SMILES string of the molecule is Fc1ccc(-c2nc(CCl)nc(NCCCN3CCCC3)n2)cc1. The highest BCUT2D eigenvalue weighted by molar-refractivity contribution is 6.16. The minimum atomic E-state index is -0.286. The molecule has 1 aliphatic heterocycles. The van der Waals surface area contributed by atoms with E-state index in [1.54, 1.807) is 12.1 Å². The second-order valence-corrected chi connectivity index (χ2v) is 6.14. The van der Waals surface area contributed by atoms with Crippen molar-refractivity contribution >= 4 is 17.5 Å². The van der Waals surface area contributed by atoms with Crippen molar-refractivity contribution in [2.75, 3.05) is 31.5 Å². The van der Waals surface area contributed by atoms with E-state index in [-0.39, 0.29) is 11.7 Å². The van der Waals surface area contributed by atoms with E-state index in [2.05, 4.69) is 25.2 Å². The van der Waals surface area contributed by atoms with Gasteiger partial charge in [0.2, 0.25) is 5.95 Å². The van der Waals surface area contributed by atoms with Crippen LogP contribution in [0.3, 0.4) is 0 Å². The lowest BCUT2D eigenvalue weighted by molar-refractivity contribution is 0.337. The number of hydrogen-bond acceptors (Lipinski definition) is 5. The molecule has 128 valence electrons. The fourth-order valence-corrected chi connectivity index (χ4v) is 2.92. The third-order valence-electron chi connectivity index (χ3n) is 4.04. The molecule has 1 aromatic heterocycles. The molecule has 7 heteroatoms. The van der Waals surface area contributed by atoms with E-state index in [1.807, 2.05) is 0 Å². The molecule has 1 saturated heterocycles. The number of hydrogen-bond donors (Lipinski definition) is 1. The van der Waals surface area contributed by atoms with E-state index < -0.39 is 0 Å². The Labute approximate surface area is 146 Å². The molecule has 0 saturated carbocycles. The first-order valence-electron chi connectivity index (χ1n) is 8.28. The van der Waals surface area contributed by atoms with Gasteiger partial charge in [-0.15, -0.1) is 11.6 Å². The molecule has 0 atom stereocenters. The quantitative estimate of drug-likeness (QED) is 0.614. The van der Waals surface area contributed by atoms with Crippen molar-refractivity contribution in [1.82, 2.24) is 19.9 Å². The summed E-state index contributed by atoms with van der Waals surface area (Å²) in [6, 6.07) is 6.09. The molecular weight excluding hydrogens is 329 g/mol. The van der Waals surface area contributed by atoms with Crippen molar-refractivity contribution in [3.05, 3.63) is 35.9 Å². The van der Waals surface area contributed by atoms with E-state index in [0.29, 0.717) is 17.6 Å². The maximum absolute atomic E-state index is 13.1. The summed E-state index contributed by atoms with van der Waals surface area (Å²) < 4.78 is 13.1. The molecule has 24 heavy (non-hydrogen) atoms.